The summed E-state index contributed by atoms with van der Waals surface area (Å²) >= 11 is 1.56. The first-order chi connectivity index (χ1) is 11.0. The molecular weight excluding hydrogens is 314 g/mol. The van der Waals surface area contributed by atoms with E-state index in [1.54, 1.807) is 39.6 Å². The van der Waals surface area contributed by atoms with Gasteiger partial charge in [-0.05, 0) is 0 Å². The summed E-state index contributed by atoms with van der Waals surface area (Å²) in [5, 5.41) is 15.4. The van der Waals surface area contributed by atoms with Gasteiger partial charge < -0.3 is 4.90 Å². The fourth-order valence-corrected chi connectivity index (χ4v) is 2.76. The van der Waals surface area contributed by atoms with Crippen molar-refractivity contribution in [3.8, 4) is 17.2 Å². The summed E-state index contributed by atoms with van der Waals surface area (Å²) < 4.78 is 3.33. The number of amides is 1. The molecule has 9 heteroatoms. The summed E-state index contributed by atoms with van der Waals surface area (Å²) in [6.07, 6.45) is 4.39. The summed E-state index contributed by atoms with van der Waals surface area (Å²) in [5.41, 5.74) is 1.50. The normalized spacial score (nSPS) is 10.9. The van der Waals surface area contributed by atoms with Crippen LogP contribution >= 0.6 is 11.3 Å². The maximum Gasteiger partial charge on any atom is 0.219 e. The van der Waals surface area contributed by atoms with E-state index in [-0.39, 0.29) is 5.91 Å². The molecule has 0 saturated carbocycles. The molecule has 0 aromatic carbocycles. The van der Waals surface area contributed by atoms with Crippen LogP contribution in [0.4, 0.5) is 0 Å². The van der Waals surface area contributed by atoms with E-state index < -0.39 is 0 Å². The number of hydrogen-bond donors (Lipinski definition) is 0. The van der Waals surface area contributed by atoms with E-state index in [0.29, 0.717) is 18.1 Å². The highest BCUT2D eigenvalue weighted by Crippen LogP contribution is 2.20. The monoisotopic (exact) mass is 331 g/mol. The largest absolute Gasteiger partial charge is 0.346 e. The molecule has 0 N–H and O–H groups in total. The van der Waals surface area contributed by atoms with Gasteiger partial charge in [-0.1, -0.05) is 5.21 Å². The fraction of sp³-hybridized carbons (Fsp3) is 0.357. The van der Waals surface area contributed by atoms with Gasteiger partial charge in [0, 0.05) is 51.6 Å². The minimum atomic E-state index is 0.0556. The number of thiazole rings is 1. The van der Waals surface area contributed by atoms with E-state index in [2.05, 4.69) is 20.4 Å². The molecule has 0 fully saturated rings. The zero-order valence-electron chi connectivity index (χ0n) is 13.2. The van der Waals surface area contributed by atoms with E-state index in [4.69, 9.17) is 0 Å². The van der Waals surface area contributed by atoms with E-state index >= 15 is 0 Å². The van der Waals surface area contributed by atoms with Crippen LogP contribution in [0.3, 0.4) is 0 Å². The average Bonchev–Trinajstić information content (AvgIpc) is 3.23. The first-order valence-electron chi connectivity index (χ1n) is 7.12. The lowest BCUT2D eigenvalue weighted by molar-refractivity contribution is -0.127. The molecule has 0 unspecified atom stereocenters. The third kappa shape index (κ3) is 3.45. The van der Waals surface area contributed by atoms with Crippen LogP contribution in [0.1, 0.15) is 11.9 Å². The predicted octanol–water partition coefficient (Wildman–Crippen LogP) is 1.15. The molecule has 0 bridgehead atoms. The van der Waals surface area contributed by atoms with E-state index in [9.17, 15) is 4.79 Å². The van der Waals surface area contributed by atoms with Crippen molar-refractivity contribution in [1.82, 2.24) is 34.7 Å². The maximum absolute atomic E-state index is 11.2. The summed E-state index contributed by atoms with van der Waals surface area (Å²) in [6, 6.07) is 1.86. The number of rotatable bonds is 5. The molecule has 120 valence electrons. The number of nitrogens with zero attached hydrogens (tertiary/aromatic N) is 7. The quantitative estimate of drug-likeness (QED) is 0.700. The van der Waals surface area contributed by atoms with Gasteiger partial charge in [0.2, 0.25) is 5.91 Å². The minimum Gasteiger partial charge on any atom is -0.346 e. The number of aryl methyl sites for hydroxylation is 1. The molecule has 3 aromatic rings. The van der Waals surface area contributed by atoms with E-state index in [1.165, 1.54) is 0 Å². The average molecular weight is 331 g/mol. The molecule has 8 nitrogen and oxygen atoms in total. The molecular formula is C14H17N7OS. The second-order valence-electron chi connectivity index (χ2n) is 5.21. The van der Waals surface area contributed by atoms with Crippen LogP contribution < -0.4 is 0 Å². The van der Waals surface area contributed by atoms with Crippen molar-refractivity contribution in [2.45, 2.75) is 13.3 Å². The molecule has 3 rings (SSSR count). The number of carbonyl (C=O) groups is 1. The van der Waals surface area contributed by atoms with Gasteiger partial charge in [-0.2, -0.15) is 9.78 Å². The lowest BCUT2D eigenvalue weighted by atomic mass is 10.3. The second-order valence-corrected chi connectivity index (χ2v) is 6.16. The van der Waals surface area contributed by atoms with Crippen molar-refractivity contribution in [3.05, 3.63) is 28.8 Å². The van der Waals surface area contributed by atoms with Gasteiger partial charge >= 0.3 is 0 Å². The Bertz CT molecular complexity index is 819. The summed E-state index contributed by atoms with van der Waals surface area (Å²) in [7, 11) is 3.64. The second kappa shape index (κ2) is 6.29. The van der Waals surface area contributed by atoms with Gasteiger partial charge in [0.05, 0.1) is 11.2 Å². The lowest BCUT2D eigenvalue weighted by Gasteiger charge is -2.12. The third-order valence-corrected chi connectivity index (χ3v) is 4.35. The van der Waals surface area contributed by atoms with Crippen LogP contribution in [-0.4, -0.2) is 54.2 Å². The Labute approximate surface area is 137 Å². The van der Waals surface area contributed by atoms with Crippen LogP contribution in [0.25, 0.3) is 17.2 Å². The predicted molar refractivity (Wildman–Crippen MR) is 86.2 cm³/mol. The Hall–Kier alpha value is -2.55. The van der Waals surface area contributed by atoms with Crippen LogP contribution in [0.15, 0.2) is 23.8 Å². The van der Waals surface area contributed by atoms with Gasteiger partial charge in [0.1, 0.15) is 11.4 Å². The molecule has 0 aliphatic heterocycles. The van der Waals surface area contributed by atoms with Gasteiger partial charge in [0.15, 0.2) is 5.82 Å². The summed E-state index contributed by atoms with van der Waals surface area (Å²) in [5.74, 6) is 0.768. The SMILES string of the molecule is CC(=O)N(C)CCc1nc(-c2cn(-c3ccn(C)n3)nn2)cs1. The summed E-state index contributed by atoms with van der Waals surface area (Å²) in [6.45, 7) is 2.21. The Morgan fingerprint density at radius 1 is 1.39 bits per heavy atom. The smallest absolute Gasteiger partial charge is 0.219 e. The van der Waals surface area contributed by atoms with Crippen LogP contribution in [0.5, 0.6) is 0 Å². The van der Waals surface area contributed by atoms with Crippen LogP contribution in [-0.2, 0) is 18.3 Å². The molecule has 23 heavy (non-hydrogen) atoms. The van der Waals surface area contributed by atoms with E-state index in [1.807, 2.05) is 30.9 Å². The zero-order valence-corrected chi connectivity index (χ0v) is 14.0. The highest BCUT2D eigenvalue weighted by molar-refractivity contribution is 7.09. The minimum absolute atomic E-state index is 0.0556. The Morgan fingerprint density at radius 2 is 2.22 bits per heavy atom. The number of aromatic nitrogens is 6. The third-order valence-electron chi connectivity index (χ3n) is 3.44. The number of hydrogen-bond acceptors (Lipinski definition) is 6. The number of likely N-dealkylation sites (N-methyl/N-ethyl adjacent to an activating group) is 1. The van der Waals surface area contributed by atoms with Gasteiger partial charge in [0.25, 0.3) is 0 Å². The molecule has 0 aliphatic rings. The first kappa shape index (κ1) is 15.3. The van der Waals surface area contributed by atoms with Gasteiger partial charge in [-0.3, -0.25) is 9.48 Å². The maximum atomic E-state index is 11.2. The van der Waals surface area contributed by atoms with E-state index in [0.717, 1.165) is 17.1 Å². The van der Waals surface area contributed by atoms with Crippen molar-refractivity contribution >= 4 is 17.2 Å². The molecule has 3 aromatic heterocycles. The molecule has 0 aliphatic carbocycles. The van der Waals surface area contributed by atoms with Gasteiger partial charge in [-0.15, -0.1) is 16.4 Å². The van der Waals surface area contributed by atoms with Crippen molar-refractivity contribution in [3.63, 3.8) is 0 Å². The fourth-order valence-electron chi connectivity index (χ4n) is 1.98. The summed E-state index contributed by atoms with van der Waals surface area (Å²) in [4.78, 5) is 17.5. The van der Waals surface area contributed by atoms with Crippen molar-refractivity contribution in [2.24, 2.45) is 7.05 Å². The van der Waals surface area contributed by atoms with Crippen LogP contribution in [0.2, 0.25) is 0 Å². The molecule has 0 saturated heterocycles. The zero-order chi connectivity index (χ0) is 16.4. The molecule has 1 amide bonds. The molecule has 3 heterocycles. The first-order valence-corrected chi connectivity index (χ1v) is 8.00. The van der Waals surface area contributed by atoms with Crippen LogP contribution in [0, 0.1) is 0 Å². The topological polar surface area (TPSA) is 81.7 Å². The van der Waals surface area contributed by atoms with Gasteiger partial charge in [-0.25, -0.2) is 4.98 Å². The number of carbonyl (C=O) groups excluding carboxylic acids is 1. The Kier molecular flexibility index (Phi) is 4.20. The van der Waals surface area contributed by atoms with Crippen molar-refractivity contribution in [1.29, 1.82) is 0 Å². The Balaban J connectivity index is 1.71. The van der Waals surface area contributed by atoms with Crippen molar-refractivity contribution < 1.29 is 4.79 Å². The molecule has 0 radical (unpaired) electrons. The standard InChI is InChI=1S/C14H17N7OS/c1-10(22)19(2)6-5-14-15-12(9-23-14)11-8-21(18-16-11)13-4-7-20(3)17-13/h4,7-9H,5-6H2,1-3H3. The molecule has 0 atom stereocenters. The van der Waals surface area contributed by atoms with Crippen molar-refractivity contribution in [2.75, 3.05) is 13.6 Å². The molecule has 0 spiro atoms. The lowest BCUT2D eigenvalue weighted by Crippen LogP contribution is -2.26. The highest BCUT2D eigenvalue weighted by Gasteiger charge is 2.11. The highest BCUT2D eigenvalue weighted by atomic mass is 32.1. The Morgan fingerprint density at radius 3 is 2.91 bits per heavy atom.